The summed E-state index contributed by atoms with van der Waals surface area (Å²) in [5, 5.41) is 7.09. The van der Waals surface area contributed by atoms with Crippen LogP contribution >= 0.6 is 0 Å². The van der Waals surface area contributed by atoms with Gasteiger partial charge in [-0.15, -0.1) is 0 Å². The van der Waals surface area contributed by atoms with Crippen LogP contribution in [0.2, 0.25) is 0 Å². The Balaban J connectivity index is 1.72. The minimum atomic E-state index is -0.564. The number of H-pyrrole nitrogens is 2. The monoisotopic (exact) mass is 368 g/mol. The lowest BCUT2D eigenvalue weighted by atomic mass is 10.1. The van der Waals surface area contributed by atoms with Crippen molar-refractivity contribution in [2.75, 3.05) is 7.11 Å². The molecule has 7 nitrogen and oxygen atoms in total. The third kappa shape index (κ3) is 2.88. The van der Waals surface area contributed by atoms with Gasteiger partial charge >= 0.3 is 5.97 Å². The highest BCUT2D eigenvalue weighted by atomic mass is 19.1. The van der Waals surface area contributed by atoms with Gasteiger partial charge in [-0.2, -0.15) is 5.10 Å². The molecule has 2 aliphatic rings. The normalized spacial score (nSPS) is 11.4. The van der Waals surface area contributed by atoms with Crippen molar-refractivity contribution in [1.82, 2.24) is 19.7 Å². The van der Waals surface area contributed by atoms with Crippen molar-refractivity contribution in [2.24, 2.45) is 0 Å². The summed E-state index contributed by atoms with van der Waals surface area (Å²) in [6.45, 7) is 2.43. The highest BCUT2D eigenvalue weighted by Crippen LogP contribution is 2.25. The molecule has 2 N–H and O–H groups in total. The van der Waals surface area contributed by atoms with E-state index in [1.807, 2.05) is 6.92 Å². The van der Waals surface area contributed by atoms with Crippen molar-refractivity contribution in [3.8, 4) is 11.3 Å². The molecule has 8 heteroatoms. The molecule has 0 spiro atoms. The number of nitrogens with zero attached hydrogens (tertiary/aromatic N) is 2. The van der Waals surface area contributed by atoms with Crippen LogP contribution < -0.4 is 5.56 Å². The zero-order chi connectivity index (χ0) is 19.1. The first kappa shape index (κ1) is 17.0. The Labute approximate surface area is 153 Å². The quantitative estimate of drug-likeness (QED) is 0.542. The molecule has 0 amide bonds. The first-order valence-corrected chi connectivity index (χ1v) is 8.41. The molecule has 0 unspecified atom stereocenters. The Morgan fingerprint density at radius 2 is 2.15 bits per heavy atom. The number of rotatable bonds is 4. The van der Waals surface area contributed by atoms with Gasteiger partial charge in [0, 0.05) is 35.5 Å². The molecule has 1 aromatic heterocycles. The highest BCUT2D eigenvalue weighted by Gasteiger charge is 2.22. The summed E-state index contributed by atoms with van der Waals surface area (Å²) in [6, 6.07) is 4.64. The largest absolute Gasteiger partial charge is 0.465 e. The van der Waals surface area contributed by atoms with Crippen molar-refractivity contribution in [3.05, 3.63) is 63.6 Å². The number of carbonyl (C=O) groups is 1. The van der Waals surface area contributed by atoms with Gasteiger partial charge in [0.2, 0.25) is 0 Å². The van der Waals surface area contributed by atoms with Crippen molar-refractivity contribution in [2.45, 2.75) is 19.9 Å². The van der Waals surface area contributed by atoms with E-state index in [0.717, 1.165) is 22.2 Å². The van der Waals surface area contributed by atoms with E-state index < -0.39 is 5.97 Å². The summed E-state index contributed by atoms with van der Waals surface area (Å²) in [6.07, 6.45) is 3.86. The number of pyridine rings is 1. The summed E-state index contributed by atoms with van der Waals surface area (Å²) < 4.78 is 20.2. The van der Waals surface area contributed by atoms with Crippen molar-refractivity contribution < 1.29 is 13.9 Å². The second-order valence-corrected chi connectivity index (χ2v) is 6.38. The number of aromatic nitrogens is 4. The lowest BCUT2D eigenvalue weighted by Crippen LogP contribution is -2.13. The molecular weight excluding hydrogens is 351 g/mol. The Hall–Kier alpha value is -3.42. The molecule has 0 fully saturated rings. The lowest BCUT2D eigenvalue weighted by Gasteiger charge is -2.12. The van der Waals surface area contributed by atoms with E-state index in [2.05, 4.69) is 15.2 Å². The summed E-state index contributed by atoms with van der Waals surface area (Å²) >= 11 is 0. The molecule has 0 saturated carbocycles. The second kappa shape index (κ2) is 6.39. The predicted octanol–water partition coefficient (Wildman–Crippen LogP) is 2.63. The standard InChI is InChI=1S/C19H17FN4O3/c1-10-12(13-7-11(20)3-4-16(13)21-10)5-6-24-8-14-17(22-23-18(14)25)15(9-24)19(26)27-2/h3-4,7-9,21H,5-6H2,1-2H3,(H,23,25). The van der Waals surface area contributed by atoms with Crippen molar-refractivity contribution in [3.63, 3.8) is 0 Å². The Morgan fingerprint density at radius 1 is 1.33 bits per heavy atom. The molecule has 138 valence electrons. The van der Waals surface area contributed by atoms with E-state index in [1.165, 1.54) is 19.2 Å². The molecule has 1 aromatic carbocycles. The van der Waals surface area contributed by atoms with E-state index in [-0.39, 0.29) is 22.6 Å². The Kier molecular flexibility index (Phi) is 4.02. The molecule has 0 atom stereocenters. The molecule has 0 aliphatic carbocycles. The molecule has 3 heterocycles. The van der Waals surface area contributed by atoms with Gasteiger partial charge in [0.05, 0.1) is 12.7 Å². The van der Waals surface area contributed by atoms with Crippen LogP contribution in [-0.4, -0.2) is 32.8 Å². The molecule has 0 bridgehead atoms. The number of aryl methyl sites for hydroxylation is 3. The summed E-state index contributed by atoms with van der Waals surface area (Å²) in [5.41, 5.74) is 3.28. The molecule has 2 aliphatic heterocycles. The predicted molar refractivity (Wildman–Crippen MR) is 97.5 cm³/mol. The zero-order valence-corrected chi connectivity index (χ0v) is 14.8. The summed E-state index contributed by atoms with van der Waals surface area (Å²) in [7, 11) is 1.28. The van der Waals surface area contributed by atoms with Gasteiger partial charge in [-0.1, -0.05) is 0 Å². The molecule has 2 aromatic rings. The van der Waals surface area contributed by atoms with Crippen molar-refractivity contribution >= 4 is 16.9 Å². The Bertz CT molecular complexity index is 1190. The zero-order valence-electron chi connectivity index (χ0n) is 14.8. The topological polar surface area (TPSA) is 92.8 Å². The fourth-order valence-corrected chi connectivity index (χ4v) is 3.40. The second-order valence-electron chi connectivity index (χ2n) is 6.38. The van der Waals surface area contributed by atoms with E-state index in [1.54, 1.807) is 23.0 Å². The maximum Gasteiger partial charge on any atom is 0.341 e. The van der Waals surface area contributed by atoms with Crippen LogP contribution in [0.3, 0.4) is 0 Å². The summed E-state index contributed by atoms with van der Waals surface area (Å²) in [5.74, 6) is -0.856. The van der Waals surface area contributed by atoms with E-state index in [0.29, 0.717) is 18.5 Å². The lowest BCUT2D eigenvalue weighted by molar-refractivity contribution is 0.0600. The number of carbonyl (C=O) groups excluding carboxylic acids is 1. The maximum absolute atomic E-state index is 13.6. The SMILES string of the molecule is COC(=O)c1cn(CCc2c(C)[nH]c3ccc(F)cc23)cc2c(=O)[nH]nc1-2. The maximum atomic E-state index is 13.6. The number of ether oxygens (including phenoxy) is 1. The summed E-state index contributed by atoms with van der Waals surface area (Å²) in [4.78, 5) is 27.3. The number of fused-ring (bicyclic) bond motifs is 2. The third-order valence-corrected chi connectivity index (χ3v) is 4.72. The van der Waals surface area contributed by atoms with Crippen LogP contribution in [0.5, 0.6) is 0 Å². The average molecular weight is 368 g/mol. The first-order valence-electron chi connectivity index (χ1n) is 8.41. The fraction of sp³-hybridized carbons (Fsp3) is 0.211. The van der Waals surface area contributed by atoms with Gasteiger partial charge in [0.15, 0.2) is 0 Å². The van der Waals surface area contributed by atoms with Crippen LogP contribution in [0.1, 0.15) is 21.6 Å². The number of methoxy groups -OCH3 is 1. The Morgan fingerprint density at radius 3 is 2.93 bits per heavy atom. The smallest absolute Gasteiger partial charge is 0.341 e. The average Bonchev–Trinajstić information content (AvgIpc) is 3.18. The van der Waals surface area contributed by atoms with Crippen LogP contribution in [0.15, 0.2) is 35.4 Å². The number of nitrogens with one attached hydrogen (secondary N) is 2. The molecule has 27 heavy (non-hydrogen) atoms. The highest BCUT2D eigenvalue weighted by molar-refractivity contribution is 5.96. The minimum Gasteiger partial charge on any atom is -0.465 e. The third-order valence-electron chi connectivity index (χ3n) is 4.72. The first-order chi connectivity index (χ1) is 13.0. The molecule has 0 saturated heterocycles. The molecule has 4 rings (SSSR count). The minimum absolute atomic E-state index is 0.218. The van der Waals surface area contributed by atoms with Gasteiger partial charge in [-0.05, 0) is 37.1 Å². The molecule has 0 radical (unpaired) electrons. The van der Waals surface area contributed by atoms with Crippen LogP contribution in [0.4, 0.5) is 4.39 Å². The van der Waals surface area contributed by atoms with E-state index >= 15 is 0 Å². The van der Waals surface area contributed by atoms with Gasteiger partial charge in [-0.3, -0.25) is 4.79 Å². The number of hydrogen-bond donors (Lipinski definition) is 2. The van der Waals surface area contributed by atoms with Gasteiger partial charge in [0.1, 0.15) is 17.1 Å². The van der Waals surface area contributed by atoms with Gasteiger partial charge in [-0.25, -0.2) is 14.3 Å². The van der Waals surface area contributed by atoms with Crippen molar-refractivity contribution in [1.29, 1.82) is 0 Å². The van der Waals surface area contributed by atoms with Crippen LogP contribution in [0, 0.1) is 12.7 Å². The fourth-order valence-electron chi connectivity index (χ4n) is 3.40. The van der Waals surface area contributed by atoms with Gasteiger partial charge < -0.3 is 14.3 Å². The number of benzene rings is 1. The molecular formula is C19H17FN4O3. The van der Waals surface area contributed by atoms with Crippen LogP contribution in [-0.2, 0) is 17.7 Å². The number of aromatic amines is 2. The number of hydrogen-bond acceptors (Lipinski definition) is 4. The van der Waals surface area contributed by atoms with E-state index in [9.17, 15) is 14.0 Å². The number of esters is 1. The van der Waals surface area contributed by atoms with Gasteiger partial charge in [0.25, 0.3) is 5.56 Å². The van der Waals surface area contributed by atoms with Crippen LogP contribution in [0.25, 0.3) is 22.2 Å². The number of halogens is 1. The van der Waals surface area contributed by atoms with E-state index in [4.69, 9.17) is 4.74 Å².